The van der Waals surface area contributed by atoms with Crippen LogP contribution < -0.4 is 0 Å². The van der Waals surface area contributed by atoms with Gasteiger partial charge in [-0.05, 0) is 0 Å². The van der Waals surface area contributed by atoms with Gasteiger partial charge in [0.2, 0.25) is 0 Å². The number of aliphatic carboxylic acids is 2. The van der Waals surface area contributed by atoms with E-state index in [2.05, 4.69) is 0 Å². The fourth-order valence-corrected chi connectivity index (χ4v) is 0.143. The summed E-state index contributed by atoms with van der Waals surface area (Å²) in [5.41, 5.74) is 0. The molecule has 92 valence electrons. The van der Waals surface area contributed by atoms with E-state index in [1.165, 1.54) is 0 Å². The molecule has 0 rings (SSSR count). The van der Waals surface area contributed by atoms with Gasteiger partial charge in [-0.3, -0.25) is 0 Å². The standard InChI is InChI=1S/C4H4O4.2CH2O3/c5-3(6)1-2-4(7)8;2*2-1(3)4/h1-2H,(H,5,6)(H,7,8);2*(H2,2,3,4)/b2-1-;;. The normalized spacial score (nSPS) is 7.75. The maximum atomic E-state index is 9.55. The van der Waals surface area contributed by atoms with E-state index in [9.17, 15) is 9.59 Å². The molecule has 10 nitrogen and oxygen atoms in total. The summed E-state index contributed by atoms with van der Waals surface area (Å²) < 4.78 is 0. The predicted molar refractivity (Wildman–Crippen MR) is 45.7 cm³/mol. The largest absolute Gasteiger partial charge is 0.503 e. The second-order valence-corrected chi connectivity index (χ2v) is 1.57. The highest BCUT2D eigenvalue weighted by atomic mass is 16.6. The van der Waals surface area contributed by atoms with Gasteiger partial charge in [0, 0.05) is 12.2 Å². The van der Waals surface area contributed by atoms with Gasteiger partial charge in [-0.15, -0.1) is 0 Å². The van der Waals surface area contributed by atoms with Crippen LogP contribution in [0.2, 0.25) is 0 Å². The third-order valence-corrected chi connectivity index (χ3v) is 0.368. The van der Waals surface area contributed by atoms with Crippen molar-refractivity contribution >= 4 is 24.2 Å². The van der Waals surface area contributed by atoms with E-state index in [0.717, 1.165) is 0 Å². The number of hydrogen-bond acceptors (Lipinski definition) is 4. The summed E-state index contributed by atoms with van der Waals surface area (Å²) in [6.45, 7) is 0. The van der Waals surface area contributed by atoms with Crippen LogP contribution in [0.25, 0.3) is 0 Å². The van der Waals surface area contributed by atoms with E-state index < -0.39 is 24.2 Å². The van der Waals surface area contributed by atoms with E-state index in [1.54, 1.807) is 0 Å². The van der Waals surface area contributed by atoms with Gasteiger partial charge < -0.3 is 30.6 Å². The molecular weight excluding hydrogens is 232 g/mol. The first kappa shape index (κ1) is 18.9. The quantitative estimate of drug-likeness (QED) is 0.362. The highest BCUT2D eigenvalue weighted by Gasteiger charge is 1.88. The van der Waals surface area contributed by atoms with Crippen LogP contribution in [0, 0.1) is 0 Å². The highest BCUT2D eigenvalue weighted by Crippen LogP contribution is 1.70. The Balaban J connectivity index is -0.000000179. The van der Waals surface area contributed by atoms with Crippen LogP contribution in [0.1, 0.15) is 0 Å². The van der Waals surface area contributed by atoms with Crippen molar-refractivity contribution in [3.8, 4) is 0 Å². The smallest absolute Gasteiger partial charge is 0.478 e. The number of hydrogen-bond donors (Lipinski definition) is 6. The van der Waals surface area contributed by atoms with Crippen LogP contribution in [0.3, 0.4) is 0 Å². The van der Waals surface area contributed by atoms with Gasteiger partial charge >= 0.3 is 24.2 Å². The number of rotatable bonds is 2. The van der Waals surface area contributed by atoms with Gasteiger partial charge in [-0.1, -0.05) is 0 Å². The van der Waals surface area contributed by atoms with E-state index in [0.29, 0.717) is 12.2 Å². The molecule has 0 fully saturated rings. The zero-order valence-electron chi connectivity index (χ0n) is 7.47. The molecule has 0 spiro atoms. The van der Waals surface area contributed by atoms with Crippen LogP contribution in [0.15, 0.2) is 12.2 Å². The zero-order valence-corrected chi connectivity index (χ0v) is 7.47. The van der Waals surface area contributed by atoms with Crippen LogP contribution in [-0.4, -0.2) is 54.9 Å². The van der Waals surface area contributed by atoms with Crippen molar-refractivity contribution in [2.75, 3.05) is 0 Å². The van der Waals surface area contributed by atoms with Crippen LogP contribution >= 0.6 is 0 Å². The van der Waals surface area contributed by atoms with Crippen molar-refractivity contribution in [1.29, 1.82) is 0 Å². The molecule has 0 aliphatic carbocycles. The molecule has 0 heterocycles. The second kappa shape index (κ2) is 12.2. The lowest BCUT2D eigenvalue weighted by molar-refractivity contribution is -0.134. The SMILES string of the molecule is O=C(O)/C=C\C(=O)O.O=C(O)O.O=C(O)O. The first-order chi connectivity index (χ1) is 7.09. The number of carbonyl (C=O) groups is 4. The Morgan fingerprint density at radius 2 is 0.688 bits per heavy atom. The molecule has 0 aliphatic rings. The van der Waals surface area contributed by atoms with Crippen LogP contribution in [-0.2, 0) is 9.59 Å². The fraction of sp³-hybridized carbons (Fsp3) is 0. The molecule has 0 radical (unpaired) electrons. The van der Waals surface area contributed by atoms with Crippen molar-refractivity contribution in [3.63, 3.8) is 0 Å². The van der Waals surface area contributed by atoms with Gasteiger partial charge in [0.25, 0.3) is 0 Å². The summed E-state index contributed by atoms with van der Waals surface area (Å²) in [5, 5.41) is 43.5. The third kappa shape index (κ3) is 238. The molecular formula is C6H8O10. The fourth-order valence-electron chi connectivity index (χ4n) is 0.143. The van der Waals surface area contributed by atoms with E-state index in [4.69, 9.17) is 40.2 Å². The Labute approximate surface area is 87.3 Å². The average molecular weight is 240 g/mol. The molecule has 10 heteroatoms. The van der Waals surface area contributed by atoms with Crippen molar-refractivity contribution in [3.05, 3.63) is 12.2 Å². The van der Waals surface area contributed by atoms with Gasteiger partial charge in [0.1, 0.15) is 0 Å². The molecule has 0 aromatic rings. The molecule has 0 bridgehead atoms. The molecule has 0 aliphatic heterocycles. The van der Waals surface area contributed by atoms with Crippen molar-refractivity contribution in [1.82, 2.24) is 0 Å². The van der Waals surface area contributed by atoms with E-state index in [1.807, 2.05) is 0 Å². The van der Waals surface area contributed by atoms with Crippen LogP contribution in [0.4, 0.5) is 9.59 Å². The van der Waals surface area contributed by atoms with Gasteiger partial charge in [-0.25, -0.2) is 19.2 Å². The monoisotopic (exact) mass is 240 g/mol. The summed E-state index contributed by atoms with van der Waals surface area (Å²) in [6.07, 6.45) is -2.55. The Morgan fingerprint density at radius 3 is 0.750 bits per heavy atom. The lowest BCUT2D eigenvalue weighted by Gasteiger charge is -1.74. The first-order valence-corrected chi connectivity index (χ1v) is 3.07. The summed E-state index contributed by atoms with van der Waals surface area (Å²) in [4.78, 5) is 36.2. The maximum Gasteiger partial charge on any atom is 0.503 e. The van der Waals surface area contributed by atoms with Crippen molar-refractivity contribution in [2.24, 2.45) is 0 Å². The molecule has 0 atom stereocenters. The summed E-state index contributed by atoms with van der Waals surface area (Å²) >= 11 is 0. The predicted octanol–water partition coefficient (Wildman–Crippen LogP) is 0.157. The third-order valence-electron chi connectivity index (χ3n) is 0.368. The minimum Gasteiger partial charge on any atom is -0.478 e. The summed E-state index contributed by atoms with van der Waals surface area (Å²) in [6, 6.07) is 0. The minimum absolute atomic E-state index is 0.558. The zero-order chi connectivity index (χ0) is 13.7. The molecule has 0 aromatic heterocycles. The lowest BCUT2D eigenvalue weighted by atomic mass is 10.5. The van der Waals surface area contributed by atoms with E-state index >= 15 is 0 Å². The molecule has 0 amide bonds. The minimum atomic E-state index is -1.83. The number of carboxylic acid groups (broad SMARTS) is 6. The molecule has 0 unspecified atom stereocenters. The molecule has 6 N–H and O–H groups in total. The van der Waals surface area contributed by atoms with Gasteiger partial charge in [0.05, 0.1) is 0 Å². The van der Waals surface area contributed by atoms with Crippen LogP contribution in [0.5, 0.6) is 0 Å². The highest BCUT2D eigenvalue weighted by molar-refractivity contribution is 5.89. The average Bonchev–Trinajstić information content (AvgIpc) is 1.98. The van der Waals surface area contributed by atoms with E-state index in [-0.39, 0.29) is 0 Å². The molecule has 0 aromatic carbocycles. The van der Waals surface area contributed by atoms with Crippen molar-refractivity contribution < 1.29 is 49.8 Å². The summed E-state index contributed by atoms with van der Waals surface area (Å²) in [5.74, 6) is -2.51. The van der Waals surface area contributed by atoms with Crippen molar-refractivity contribution in [2.45, 2.75) is 0 Å². The topological polar surface area (TPSA) is 190 Å². The summed E-state index contributed by atoms with van der Waals surface area (Å²) in [7, 11) is 0. The Morgan fingerprint density at radius 1 is 0.562 bits per heavy atom. The maximum absolute atomic E-state index is 9.55. The number of carboxylic acids is 2. The Bertz CT molecular complexity index is 241. The molecule has 0 saturated carbocycles. The molecule has 0 saturated heterocycles. The second-order valence-electron chi connectivity index (χ2n) is 1.57. The Hall–Kier alpha value is -2.78. The molecule has 16 heavy (non-hydrogen) atoms. The van der Waals surface area contributed by atoms with Gasteiger partial charge in [-0.2, -0.15) is 0 Å². The van der Waals surface area contributed by atoms with Gasteiger partial charge in [0.15, 0.2) is 0 Å². The first-order valence-electron chi connectivity index (χ1n) is 3.07. The lowest BCUT2D eigenvalue weighted by Crippen LogP contribution is -1.91. The Kier molecular flexibility index (Phi) is 14.4.